The first-order valence-electron chi connectivity index (χ1n) is 10.2. The molecule has 0 unspecified atom stereocenters. The summed E-state index contributed by atoms with van der Waals surface area (Å²) in [7, 11) is 0. The first kappa shape index (κ1) is 20.9. The molecule has 3 rings (SSSR count). The molecule has 5 heteroatoms. The highest BCUT2D eigenvalue weighted by Gasteiger charge is 2.22. The van der Waals surface area contributed by atoms with Crippen molar-refractivity contribution in [3.05, 3.63) is 65.2 Å². The van der Waals surface area contributed by atoms with E-state index in [0.29, 0.717) is 17.5 Å². The van der Waals surface area contributed by atoms with Crippen LogP contribution in [0, 0.1) is 0 Å². The van der Waals surface area contributed by atoms with E-state index in [0.717, 1.165) is 32.5 Å². The predicted molar refractivity (Wildman–Crippen MR) is 116 cm³/mol. The molecule has 1 heterocycles. The second-order valence-electron chi connectivity index (χ2n) is 7.96. The second kappa shape index (κ2) is 9.61. The van der Waals surface area contributed by atoms with E-state index < -0.39 is 0 Å². The van der Waals surface area contributed by atoms with Crippen molar-refractivity contribution in [1.82, 2.24) is 10.2 Å². The van der Waals surface area contributed by atoms with Gasteiger partial charge in [-0.2, -0.15) is 0 Å². The minimum atomic E-state index is -0.189. The lowest BCUT2D eigenvalue weighted by atomic mass is 9.88. The lowest BCUT2D eigenvalue weighted by Crippen LogP contribution is -2.36. The van der Waals surface area contributed by atoms with E-state index in [1.807, 2.05) is 4.90 Å². The molecule has 2 aromatic rings. The van der Waals surface area contributed by atoms with Crippen LogP contribution in [0.2, 0.25) is 0 Å². The number of nitrogens with one attached hydrogen (secondary N) is 1. The summed E-state index contributed by atoms with van der Waals surface area (Å²) in [6.45, 7) is 6.65. The van der Waals surface area contributed by atoms with Crippen LogP contribution in [0.15, 0.2) is 48.5 Å². The molecule has 2 aromatic carbocycles. The second-order valence-corrected chi connectivity index (χ2v) is 7.96. The Morgan fingerprint density at radius 3 is 2.59 bits per heavy atom. The number of hydrogen-bond acceptors (Lipinski definition) is 4. The molecule has 0 aliphatic carbocycles. The van der Waals surface area contributed by atoms with Gasteiger partial charge in [0.25, 0.3) is 0 Å². The van der Waals surface area contributed by atoms with Crippen molar-refractivity contribution >= 4 is 12.0 Å². The smallest absolute Gasteiger partial charge is 0.246 e. The molecule has 0 saturated carbocycles. The van der Waals surface area contributed by atoms with E-state index in [9.17, 15) is 15.0 Å². The topological polar surface area (TPSA) is 72.8 Å². The van der Waals surface area contributed by atoms with E-state index in [-0.39, 0.29) is 17.4 Å². The average Bonchev–Trinajstić information content (AvgIpc) is 2.73. The van der Waals surface area contributed by atoms with Gasteiger partial charge in [-0.3, -0.25) is 4.79 Å². The predicted octanol–water partition coefficient (Wildman–Crippen LogP) is 4.02. The molecule has 1 aliphatic heterocycles. The molecule has 1 amide bonds. The Balaban J connectivity index is 1.54. The minimum absolute atomic E-state index is 0.0223. The Hall–Kier alpha value is -2.79. The number of carbonyl (C=O) groups is 1. The number of piperidine rings is 1. The maximum Gasteiger partial charge on any atom is 0.246 e. The van der Waals surface area contributed by atoms with Crippen LogP contribution in [0.1, 0.15) is 49.3 Å². The molecule has 1 saturated heterocycles. The molecule has 0 aromatic heterocycles. The zero-order valence-electron chi connectivity index (χ0n) is 17.1. The largest absolute Gasteiger partial charge is 0.504 e. The minimum Gasteiger partial charge on any atom is -0.504 e. The number of hydrogen-bond donors (Lipinski definition) is 3. The normalized spacial score (nSPS) is 15.3. The molecule has 1 aliphatic rings. The van der Waals surface area contributed by atoms with Crippen molar-refractivity contribution in [1.29, 1.82) is 0 Å². The number of likely N-dealkylation sites (tertiary alicyclic amines) is 1. The number of carbonyl (C=O) groups excluding carboxylic acids is 1. The van der Waals surface area contributed by atoms with Gasteiger partial charge in [0, 0.05) is 31.8 Å². The molecule has 3 N–H and O–H groups in total. The van der Waals surface area contributed by atoms with Gasteiger partial charge >= 0.3 is 0 Å². The first-order valence-corrected chi connectivity index (χ1v) is 10.2. The first-order chi connectivity index (χ1) is 13.9. The number of rotatable bonds is 6. The third kappa shape index (κ3) is 5.84. The Kier molecular flexibility index (Phi) is 6.94. The van der Waals surface area contributed by atoms with Crippen molar-refractivity contribution in [3.8, 4) is 11.5 Å². The average molecular weight is 395 g/mol. The van der Waals surface area contributed by atoms with Crippen LogP contribution < -0.4 is 5.32 Å². The van der Waals surface area contributed by atoms with Crippen LogP contribution in [-0.2, 0) is 11.3 Å². The maximum atomic E-state index is 12.5. The van der Waals surface area contributed by atoms with Gasteiger partial charge in [-0.05, 0) is 53.7 Å². The van der Waals surface area contributed by atoms with Crippen LogP contribution in [0.25, 0.3) is 6.08 Å². The highest BCUT2D eigenvalue weighted by Crippen LogP contribution is 2.29. The van der Waals surface area contributed by atoms with Crippen molar-refractivity contribution in [2.45, 2.75) is 45.2 Å². The third-order valence-corrected chi connectivity index (χ3v) is 5.36. The zero-order chi connectivity index (χ0) is 20.8. The van der Waals surface area contributed by atoms with E-state index in [1.165, 1.54) is 29.3 Å². The van der Waals surface area contributed by atoms with Crippen LogP contribution in [0.3, 0.4) is 0 Å². The Bertz CT molecular complexity index is 868. The van der Waals surface area contributed by atoms with Gasteiger partial charge in [0.15, 0.2) is 11.5 Å². The monoisotopic (exact) mass is 394 g/mol. The molecule has 0 spiro atoms. The van der Waals surface area contributed by atoms with Gasteiger partial charge in [-0.25, -0.2) is 0 Å². The molecule has 1 fully saturated rings. The van der Waals surface area contributed by atoms with Gasteiger partial charge in [-0.1, -0.05) is 44.2 Å². The molecule has 5 nitrogen and oxygen atoms in total. The van der Waals surface area contributed by atoms with Gasteiger partial charge in [0.2, 0.25) is 5.91 Å². The number of benzene rings is 2. The maximum absolute atomic E-state index is 12.5. The van der Waals surface area contributed by atoms with Crippen molar-refractivity contribution in [2.75, 3.05) is 13.1 Å². The van der Waals surface area contributed by atoms with Crippen molar-refractivity contribution in [2.24, 2.45) is 0 Å². The van der Waals surface area contributed by atoms with Gasteiger partial charge in [-0.15, -0.1) is 0 Å². The van der Waals surface area contributed by atoms with Crippen molar-refractivity contribution < 1.29 is 15.0 Å². The molecule has 0 bridgehead atoms. The lowest BCUT2D eigenvalue weighted by Gasteiger charge is -2.31. The summed E-state index contributed by atoms with van der Waals surface area (Å²) in [6, 6.07) is 13.7. The summed E-state index contributed by atoms with van der Waals surface area (Å²) in [5.74, 6) is 0.104. The Morgan fingerprint density at radius 1 is 1.14 bits per heavy atom. The summed E-state index contributed by atoms with van der Waals surface area (Å²) < 4.78 is 0. The Morgan fingerprint density at radius 2 is 1.90 bits per heavy atom. The van der Waals surface area contributed by atoms with E-state index in [1.54, 1.807) is 12.1 Å². The molecule has 0 radical (unpaired) electrons. The van der Waals surface area contributed by atoms with E-state index in [4.69, 9.17) is 0 Å². The molecule has 154 valence electrons. The summed E-state index contributed by atoms with van der Waals surface area (Å²) >= 11 is 0. The third-order valence-electron chi connectivity index (χ3n) is 5.36. The Labute approximate surface area is 172 Å². The molecule has 0 atom stereocenters. The van der Waals surface area contributed by atoms with Crippen molar-refractivity contribution in [3.63, 3.8) is 0 Å². The SMILES string of the molecule is CC(C)NCc1cccc(C2CCN(C(=O)/C=C/c3ccc(O)c(O)c3)CC2)c1. The van der Waals surface area contributed by atoms with Crippen LogP contribution in [-0.4, -0.2) is 40.2 Å². The molecular weight excluding hydrogens is 364 g/mol. The number of phenolic OH excluding ortho intramolecular Hbond substituents is 2. The number of phenols is 2. The summed E-state index contributed by atoms with van der Waals surface area (Å²) in [5.41, 5.74) is 3.33. The number of nitrogens with zero attached hydrogens (tertiary/aromatic N) is 1. The fraction of sp³-hybridized carbons (Fsp3) is 0.375. The number of amides is 1. The number of aromatic hydroxyl groups is 2. The summed E-state index contributed by atoms with van der Waals surface area (Å²) in [4.78, 5) is 14.4. The lowest BCUT2D eigenvalue weighted by molar-refractivity contribution is -0.126. The standard InChI is InChI=1S/C24H30N2O3/c1-17(2)25-16-19-4-3-5-21(14-19)20-10-12-26(13-11-20)24(29)9-7-18-6-8-22(27)23(28)15-18/h3-9,14-15,17,20,25,27-28H,10-13,16H2,1-2H3/b9-7+. The fourth-order valence-corrected chi connectivity index (χ4v) is 3.63. The van der Waals surface area contributed by atoms with E-state index >= 15 is 0 Å². The fourth-order valence-electron chi connectivity index (χ4n) is 3.63. The quantitative estimate of drug-likeness (QED) is 0.511. The summed E-state index contributed by atoms with van der Waals surface area (Å²) in [6.07, 6.45) is 5.12. The summed E-state index contributed by atoms with van der Waals surface area (Å²) in [5, 5.41) is 22.4. The zero-order valence-corrected chi connectivity index (χ0v) is 17.1. The molecular formula is C24H30N2O3. The van der Waals surface area contributed by atoms with Crippen LogP contribution >= 0.6 is 0 Å². The van der Waals surface area contributed by atoms with Gasteiger partial charge in [0.1, 0.15) is 0 Å². The van der Waals surface area contributed by atoms with Crippen LogP contribution in [0.4, 0.5) is 0 Å². The van der Waals surface area contributed by atoms with Gasteiger partial charge in [0.05, 0.1) is 0 Å². The van der Waals surface area contributed by atoms with E-state index in [2.05, 4.69) is 43.4 Å². The molecule has 29 heavy (non-hydrogen) atoms. The van der Waals surface area contributed by atoms with Crippen LogP contribution in [0.5, 0.6) is 11.5 Å². The highest BCUT2D eigenvalue weighted by molar-refractivity contribution is 5.92. The highest BCUT2D eigenvalue weighted by atomic mass is 16.3. The van der Waals surface area contributed by atoms with Gasteiger partial charge < -0.3 is 20.4 Å².